The lowest BCUT2D eigenvalue weighted by Crippen LogP contribution is -2.26. The fourth-order valence-corrected chi connectivity index (χ4v) is 5.04. The highest BCUT2D eigenvalue weighted by Crippen LogP contribution is 2.44. The number of thiophene rings is 1. The summed E-state index contributed by atoms with van der Waals surface area (Å²) in [5.74, 6) is 1.10. The molecule has 0 aliphatic heterocycles. The van der Waals surface area contributed by atoms with E-state index in [4.69, 9.17) is 4.74 Å². The van der Waals surface area contributed by atoms with E-state index in [9.17, 15) is 10.1 Å². The van der Waals surface area contributed by atoms with E-state index < -0.39 is 0 Å². The van der Waals surface area contributed by atoms with E-state index in [1.165, 1.54) is 4.88 Å². The number of anilines is 1. The van der Waals surface area contributed by atoms with Crippen LogP contribution in [-0.4, -0.2) is 12.5 Å². The molecule has 5 heteroatoms. The van der Waals surface area contributed by atoms with Crippen LogP contribution < -0.4 is 10.1 Å². The molecule has 0 unspecified atom stereocenters. The molecule has 2 aromatic rings. The Kier molecular flexibility index (Phi) is 6.64. The molecule has 29 heavy (non-hydrogen) atoms. The van der Waals surface area contributed by atoms with Crippen molar-refractivity contribution in [2.75, 3.05) is 11.9 Å². The number of rotatable bonds is 6. The molecule has 1 atom stereocenters. The predicted molar refractivity (Wildman–Crippen MR) is 119 cm³/mol. The number of nitrogens with zero attached hydrogens (tertiary/aromatic N) is 1. The van der Waals surface area contributed by atoms with Crippen LogP contribution in [0.5, 0.6) is 5.75 Å². The number of carbonyl (C=O) groups is 1. The average Bonchev–Trinajstić information content (AvgIpc) is 3.03. The molecular weight excluding hydrogens is 380 g/mol. The lowest BCUT2D eigenvalue weighted by atomic mass is 9.72. The fraction of sp³-hybridized carbons (Fsp3) is 0.500. The van der Waals surface area contributed by atoms with E-state index in [1.807, 2.05) is 12.1 Å². The van der Waals surface area contributed by atoms with Crippen molar-refractivity contribution >= 4 is 22.2 Å². The molecule has 0 saturated heterocycles. The van der Waals surface area contributed by atoms with Gasteiger partial charge in [-0.15, -0.1) is 11.3 Å². The van der Waals surface area contributed by atoms with Gasteiger partial charge in [-0.05, 0) is 60.8 Å². The highest BCUT2D eigenvalue weighted by Gasteiger charge is 2.32. The minimum atomic E-state index is -0.201. The van der Waals surface area contributed by atoms with Crippen molar-refractivity contribution in [3.8, 4) is 11.8 Å². The monoisotopic (exact) mass is 410 g/mol. The standard InChI is InChI=1S/C24H30N2O2S/c1-5-6-12-28-18-9-7-8-16(13-18)22(27)26-23-20(15-25)19-11-10-17(24(2,3)4)14-21(19)29-23/h7-9,13,17H,5-6,10-12,14H2,1-4H3,(H,26,27)/t17-/m1/s1. The molecule has 1 aliphatic carbocycles. The van der Waals surface area contributed by atoms with E-state index >= 15 is 0 Å². The highest BCUT2D eigenvalue weighted by atomic mass is 32.1. The van der Waals surface area contributed by atoms with Gasteiger partial charge in [0.25, 0.3) is 5.91 Å². The molecule has 1 heterocycles. The summed E-state index contributed by atoms with van der Waals surface area (Å²) in [6.07, 6.45) is 5.03. The number of hydrogen-bond donors (Lipinski definition) is 1. The van der Waals surface area contributed by atoms with Gasteiger partial charge in [-0.2, -0.15) is 5.26 Å². The Morgan fingerprint density at radius 1 is 1.38 bits per heavy atom. The highest BCUT2D eigenvalue weighted by molar-refractivity contribution is 7.16. The van der Waals surface area contributed by atoms with Crippen LogP contribution in [0, 0.1) is 22.7 Å². The number of carbonyl (C=O) groups excluding carboxylic acids is 1. The van der Waals surface area contributed by atoms with E-state index in [1.54, 1.807) is 23.5 Å². The van der Waals surface area contributed by atoms with Gasteiger partial charge in [-0.1, -0.05) is 40.2 Å². The van der Waals surface area contributed by atoms with E-state index in [-0.39, 0.29) is 11.3 Å². The second kappa shape index (κ2) is 9.00. The predicted octanol–water partition coefficient (Wildman–Crippen LogP) is 6.20. The van der Waals surface area contributed by atoms with E-state index in [0.29, 0.717) is 34.4 Å². The van der Waals surface area contributed by atoms with Gasteiger partial charge in [-0.25, -0.2) is 0 Å². The summed E-state index contributed by atoms with van der Waals surface area (Å²) in [6.45, 7) is 9.59. The van der Waals surface area contributed by atoms with Crippen molar-refractivity contribution in [1.29, 1.82) is 5.26 Å². The summed E-state index contributed by atoms with van der Waals surface area (Å²) < 4.78 is 5.71. The van der Waals surface area contributed by atoms with Gasteiger partial charge in [0, 0.05) is 10.4 Å². The zero-order valence-electron chi connectivity index (χ0n) is 17.8. The van der Waals surface area contributed by atoms with Gasteiger partial charge >= 0.3 is 0 Å². The van der Waals surface area contributed by atoms with E-state index in [0.717, 1.165) is 37.7 Å². The van der Waals surface area contributed by atoms with Crippen LogP contribution in [0.2, 0.25) is 0 Å². The number of ether oxygens (including phenoxy) is 1. The zero-order chi connectivity index (χ0) is 21.0. The van der Waals surface area contributed by atoms with Gasteiger partial charge < -0.3 is 10.1 Å². The molecule has 0 radical (unpaired) electrons. The van der Waals surface area contributed by atoms with Crippen molar-refractivity contribution in [3.63, 3.8) is 0 Å². The number of nitriles is 1. The first kappa shape index (κ1) is 21.4. The SMILES string of the molecule is CCCCOc1cccc(C(=O)Nc2sc3c(c2C#N)CC[C@@H](C(C)(C)C)C3)c1. The minimum absolute atomic E-state index is 0.201. The third-order valence-corrected chi connectivity index (χ3v) is 6.86. The molecule has 0 bridgehead atoms. The van der Waals surface area contributed by atoms with Crippen molar-refractivity contribution in [2.45, 2.75) is 59.8 Å². The summed E-state index contributed by atoms with van der Waals surface area (Å²) in [4.78, 5) is 14.1. The van der Waals surface area contributed by atoms with Crippen LogP contribution in [0.25, 0.3) is 0 Å². The summed E-state index contributed by atoms with van der Waals surface area (Å²) >= 11 is 1.56. The van der Waals surface area contributed by atoms with Gasteiger partial charge in [-0.3, -0.25) is 4.79 Å². The summed E-state index contributed by atoms with van der Waals surface area (Å²) in [6, 6.07) is 9.56. The molecule has 0 spiro atoms. The quantitative estimate of drug-likeness (QED) is 0.577. The lowest BCUT2D eigenvalue weighted by Gasteiger charge is -2.33. The fourth-order valence-electron chi connectivity index (χ4n) is 3.77. The minimum Gasteiger partial charge on any atom is -0.494 e. The molecule has 0 saturated carbocycles. The van der Waals surface area contributed by atoms with Gasteiger partial charge in [0.05, 0.1) is 12.2 Å². The Bertz CT molecular complexity index is 918. The molecule has 0 fully saturated rings. The summed E-state index contributed by atoms with van der Waals surface area (Å²) in [7, 11) is 0. The van der Waals surface area contributed by atoms with Crippen LogP contribution >= 0.6 is 11.3 Å². The largest absolute Gasteiger partial charge is 0.494 e. The first-order valence-corrected chi connectivity index (χ1v) is 11.2. The molecular formula is C24H30N2O2S. The van der Waals surface area contributed by atoms with Crippen LogP contribution in [-0.2, 0) is 12.8 Å². The molecule has 1 aromatic heterocycles. The van der Waals surface area contributed by atoms with Gasteiger partial charge in [0.1, 0.15) is 16.8 Å². The average molecular weight is 411 g/mol. The molecule has 3 rings (SSSR count). The van der Waals surface area contributed by atoms with Crippen molar-refractivity contribution < 1.29 is 9.53 Å². The van der Waals surface area contributed by atoms with Crippen molar-refractivity contribution in [3.05, 3.63) is 45.8 Å². The third kappa shape index (κ3) is 5.00. The Morgan fingerprint density at radius 3 is 2.86 bits per heavy atom. The normalized spacial score (nSPS) is 16.0. The number of amides is 1. The van der Waals surface area contributed by atoms with Crippen LogP contribution in [0.1, 0.15) is 73.3 Å². The third-order valence-electron chi connectivity index (χ3n) is 5.69. The Labute approximate surface area is 177 Å². The maximum Gasteiger partial charge on any atom is 0.256 e. The maximum atomic E-state index is 12.8. The first-order valence-electron chi connectivity index (χ1n) is 10.4. The van der Waals surface area contributed by atoms with Crippen molar-refractivity contribution in [2.24, 2.45) is 11.3 Å². The molecule has 1 aromatic carbocycles. The second-order valence-electron chi connectivity index (χ2n) is 8.81. The molecule has 1 N–H and O–H groups in total. The van der Waals surface area contributed by atoms with Crippen LogP contribution in [0.3, 0.4) is 0 Å². The molecule has 4 nitrogen and oxygen atoms in total. The molecule has 1 amide bonds. The number of fused-ring (bicyclic) bond motifs is 1. The first-order chi connectivity index (χ1) is 13.8. The number of nitrogens with one attached hydrogen (secondary N) is 1. The van der Waals surface area contributed by atoms with Crippen LogP contribution in [0.4, 0.5) is 5.00 Å². The summed E-state index contributed by atoms with van der Waals surface area (Å²) in [5.41, 5.74) is 2.56. The van der Waals surface area contributed by atoms with Crippen molar-refractivity contribution in [1.82, 2.24) is 0 Å². The second-order valence-corrected chi connectivity index (χ2v) is 9.91. The van der Waals surface area contributed by atoms with Crippen LogP contribution in [0.15, 0.2) is 24.3 Å². The number of hydrogen-bond acceptors (Lipinski definition) is 4. The Balaban J connectivity index is 1.77. The smallest absolute Gasteiger partial charge is 0.256 e. The topological polar surface area (TPSA) is 62.1 Å². The lowest BCUT2D eigenvalue weighted by molar-refractivity contribution is 0.102. The zero-order valence-corrected chi connectivity index (χ0v) is 18.6. The Morgan fingerprint density at radius 2 is 2.17 bits per heavy atom. The summed E-state index contributed by atoms with van der Waals surface area (Å²) in [5, 5.41) is 13.4. The Hall–Kier alpha value is -2.32. The number of benzene rings is 1. The number of unbranched alkanes of at least 4 members (excludes halogenated alkanes) is 1. The van der Waals surface area contributed by atoms with Gasteiger partial charge in [0.2, 0.25) is 0 Å². The maximum absolute atomic E-state index is 12.8. The molecule has 1 aliphatic rings. The van der Waals surface area contributed by atoms with E-state index in [2.05, 4.69) is 39.1 Å². The molecule has 154 valence electrons. The van der Waals surface area contributed by atoms with Gasteiger partial charge in [0.15, 0.2) is 0 Å².